The van der Waals surface area contributed by atoms with Crippen molar-refractivity contribution < 1.29 is 17.5 Å². The first-order valence-corrected chi connectivity index (χ1v) is 9.86. The molecule has 2 aromatic rings. The Morgan fingerprint density at radius 3 is 2.48 bits per heavy atom. The molecule has 6 heteroatoms. The standard InChI is InChI=1S/C19H22FNO3S/c1-13(15-8-7-14-5-3-4-6-16(14)11-15)21-25(22,23)17-9-10-19(24-2)18(20)12-17/h7-13,21H,3-6H2,1-2H3/t13-/m1/s1. The summed E-state index contributed by atoms with van der Waals surface area (Å²) in [6, 6.07) is 9.35. The summed E-state index contributed by atoms with van der Waals surface area (Å²) in [4.78, 5) is -0.115. The maximum Gasteiger partial charge on any atom is 0.241 e. The molecule has 1 atom stereocenters. The third-order valence-electron chi connectivity index (χ3n) is 4.64. The molecule has 0 unspecified atom stereocenters. The number of methoxy groups -OCH3 is 1. The van der Waals surface area contributed by atoms with Crippen LogP contribution in [0.25, 0.3) is 0 Å². The van der Waals surface area contributed by atoms with Crippen LogP contribution in [0.5, 0.6) is 5.75 Å². The molecule has 0 aliphatic heterocycles. The number of hydrogen-bond donors (Lipinski definition) is 1. The molecular weight excluding hydrogens is 341 g/mol. The average Bonchev–Trinajstić information content (AvgIpc) is 2.60. The van der Waals surface area contributed by atoms with E-state index in [2.05, 4.69) is 16.9 Å². The molecule has 3 rings (SSSR count). The lowest BCUT2D eigenvalue weighted by molar-refractivity contribution is 0.385. The van der Waals surface area contributed by atoms with E-state index < -0.39 is 21.9 Å². The fourth-order valence-electron chi connectivity index (χ4n) is 3.21. The molecule has 0 saturated heterocycles. The van der Waals surface area contributed by atoms with Crippen LogP contribution in [0.3, 0.4) is 0 Å². The van der Waals surface area contributed by atoms with Gasteiger partial charge in [-0.3, -0.25) is 0 Å². The minimum Gasteiger partial charge on any atom is -0.494 e. The normalized spacial score (nSPS) is 15.5. The molecule has 25 heavy (non-hydrogen) atoms. The summed E-state index contributed by atoms with van der Waals surface area (Å²) < 4.78 is 46.3. The maximum absolute atomic E-state index is 13.8. The summed E-state index contributed by atoms with van der Waals surface area (Å²) >= 11 is 0. The number of aryl methyl sites for hydroxylation is 2. The molecule has 0 heterocycles. The minimum atomic E-state index is -3.82. The van der Waals surface area contributed by atoms with E-state index in [1.54, 1.807) is 6.92 Å². The Kier molecular flexibility index (Phi) is 5.11. The summed E-state index contributed by atoms with van der Waals surface area (Å²) in [6.45, 7) is 1.79. The van der Waals surface area contributed by atoms with Crippen LogP contribution in [0.4, 0.5) is 4.39 Å². The number of rotatable bonds is 5. The van der Waals surface area contributed by atoms with Crippen LogP contribution < -0.4 is 9.46 Å². The summed E-state index contributed by atoms with van der Waals surface area (Å²) in [5.74, 6) is -0.687. The van der Waals surface area contributed by atoms with Gasteiger partial charge in [-0.2, -0.15) is 0 Å². The van der Waals surface area contributed by atoms with Crippen molar-refractivity contribution in [3.8, 4) is 5.75 Å². The highest BCUT2D eigenvalue weighted by molar-refractivity contribution is 7.89. The van der Waals surface area contributed by atoms with Crippen molar-refractivity contribution in [1.29, 1.82) is 0 Å². The zero-order valence-corrected chi connectivity index (χ0v) is 15.2. The van der Waals surface area contributed by atoms with Crippen molar-refractivity contribution in [2.24, 2.45) is 0 Å². The van der Waals surface area contributed by atoms with Crippen molar-refractivity contribution in [3.63, 3.8) is 0 Å². The van der Waals surface area contributed by atoms with Gasteiger partial charge in [0.2, 0.25) is 10.0 Å². The predicted octanol–water partition coefficient (Wildman–Crippen LogP) is 3.75. The van der Waals surface area contributed by atoms with Crippen LogP contribution in [-0.2, 0) is 22.9 Å². The van der Waals surface area contributed by atoms with E-state index >= 15 is 0 Å². The average molecular weight is 363 g/mol. The molecule has 1 aliphatic rings. The smallest absolute Gasteiger partial charge is 0.241 e. The second-order valence-electron chi connectivity index (χ2n) is 6.37. The zero-order valence-electron chi connectivity index (χ0n) is 14.4. The lowest BCUT2D eigenvalue weighted by atomic mass is 9.89. The molecule has 134 valence electrons. The monoisotopic (exact) mass is 363 g/mol. The van der Waals surface area contributed by atoms with Crippen LogP contribution in [0.1, 0.15) is 42.5 Å². The molecule has 0 bridgehead atoms. The number of fused-ring (bicyclic) bond motifs is 1. The molecule has 2 aromatic carbocycles. The van der Waals surface area contributed by atoms with Gasteiger partial charge in [0, 0.05) is 6.04 Å². The molecular formula is C19H22FNO3S. The van der Waals surface area contributed by atoms with Gasteiger partial charge in [0.1, 0.15) is 0 Å². The van der Waals surface area contributed by atoms with Gasteiger partial charge in [0.05, 0.1) is 12.0 Å². The van der Waals surface area contributed by atoms with E-state index in [-0.39, 0.29) is 10.6 Å². The van der Waals surface area contributed by atoms with Crippen molar-refractivity contribution in [1.82, 2.24) is 4.72 Å². The summed E-state index contributed by atoms with van der Waals surface area (Å²) in [6.07, 6.45) is 4.49. The fourth-order valence-corrected chi connectivity index (χ4v) is 4.45. The van der Waals surface area contributed by atoms with Crippen LogP contribution in [0.2, 0.25) is 0 Å². The molecule has 0 aromatic heterocycles. The van der Waals surface area contributed by atoms with Gasteiger partial charge < -0.3 is 4.74 Å². The highest BCUT2D eigenvalue weighted by atomic mass is 32.2. The third-order valence-corrected chi connectivity index (χ3v) is 6.18. The lowest BCUT2D eigenvalue weighted by Crippen LogP contribution is -2.27. The van der Waals surface area contributed by atoms with Crippen LogP contribution in [0, 0.1) is 5.82 Å². The van der Waals surface area contributed by atoms with E-state index in [0.29, 0.717) is 0 Å². The molecule has 0 radical (unpaired) electrons. The van der Waals surface area contributed by atoms with Gasteiger partial charge in [0.25, 0.3) is 0 Å². The van der Waals surface area contributed by atoms with E-state index in [4.69, 9.17) is 4.74 Å². The van der Waals surface area contributed by atoms with E-state index in [1.165, 1.54) is 43.2 Å². The van der Waals surface area contributed by atoms with Gasteiger partial charge in [0.15, 0.2) is 11.6 Å². The van der Waals surface area contributed by atoms with Crippen molar-refractivity contribution in [2.45, 2.75) is 43.5 Å². The number of nitrogens with one attached hydrogen (secondary N) is 1. The van der Waals surface area contributed by atoms with Crippen molar-refractivity contribution in [2.75, 3.05) is 7.11 Å². The molecule has 1 aliphatic carbocycles. The van der Waals surface area contributed by atoms with Gasteiger partial charge in [-0.05, 0) is 67.5 Å². The summed E-state index contributed by atoms with van der Waals surface area (Å²) in [5, 5.41) is 0. The van der Waals surface area contributed by atoms with Gasteiger partial charge in [-0.1, -0.05) is 18.2 Å². The minimum absolute atomic E-state index is 0.0154. The third kappa shape index (κ3) is 3.85. The van der Waals surface area contributed by atoms with E-state index in [0.717, 1.165) is 24.5 Å². The summed E-state index contributed by atoms with van der Waals surface area (Å²) in [5.41, 5.74) is 3.56. The molecule has 0 saturated carbocycles. The Bertz CT molecular complexity index is 880. The predicted molar refractivity (Wildman–Crippen MR) is 94.8 cm³/mol. The SMILES string of the molecule is COc1ccc(S(=O)(=O)N[C@H](C)c2ccc3c(c2)CCCC3)cc1F. The van der Waals surface area contributed by atoms with Crippen LogP contribution in [-0.4, -0.2) is 15.5 Å². The lowest BCUT2D eigenvalue weighted by Gasteiger charge is -2.20. The van der Waals surface area contributed by atoms with Gasteiger partial charge >= 0.3 is 0 Å². The first-order valence-electron chi connectivity index (χ1n) is 8.38. The number of ether oxygens (including phenoxy) is 1. The second kappa shape index (κ2) is 7.14. The Hall–Kier alpha value is -1.92. The van der Waals surface area contributed by atoms with Crippen molar-refractivity contribution >= 4 is 10.0 Å². The number of hydrogen-bond acceptors (Lipinski definition) is 3. The molecule has 0 spiro atoms. The first kappa shape index (κ1) is 17.9. The maximum atomic E-state index is 13.8. The molecule has 1 N–H and O–H groups in total. The fraction of sp³-hybridized carbons (Fsp3) is 0.368. The highest BCUT2D eigenvalue weighted by Crippen LogP contribution is 2.26. The molecule has 0 amide bonds. The number of sulfonamides is 1. The second-order valence-corrected chi connectivity index (χ2v) is 8.09. The first-order chi connectivity index (χ1) is 11.9. The Labute approximate surface area is 148 Å². The Morgan fingerprint density at radius 2 is 1.80 bits per heavy atom. The summed E-state index contributed by atoms with van der Waals surface area (Å²) in [7, 11) is -2.49. The zero-order chi connectivity index (χ0) is 18.0. The topological polar surface area (TPSA) is 55.4 Å². The number of benzene rings is 2. The highest BCUT2D eigenvalue weighted by Gasteiger charge is 2.21. The Morgan fingerprint density at radius 1 is 1.08 bits per heavy atom. The molecule has 0 fully saturated rings. The number of halogens is 1. The Balaban J connectivity index is 1.81. The van der Waals surface area contributed by atoms with E-state index in [9.17, 15) is 12.8 Å². The van der Waals surface area contributed by atoms with Crippen molar-refractivity contribution in [3.05, 3.63) is 58.9 Å². The van der Waals surface area contributed by atoms with Crippen LogP contribution >= 0.6 is 0 Å². The quantitative estimate of drug-likeness (QED) is 0.880. The van der Waals surface area contributed by atoms with E-state index in [1.807, 2.05) is 6.07 Å². The molecule has 4 nitrogen and oxygen atoms in total. The van der Waals surface area contributed by atoms with Gasteiger partial charge in [-0.15, -0.1) is 0 Å². The van der Waals surface area contributed by atoms with Crippen LogP contribution in [0.15, 0.2) is 41.3 Å². The largest absolute Gasteiger partial charge is 0.494 e. The van der Waals surface area contributed by atoms with Gasteiger partial charge in [-0.25, -0.2) is 17.5 Å².